The van der Waals surface area contributed by atoms with E-state index in [0.717, 1.165) is 24.8 Å². The molecule has 0 saturated carbocycles. The number of nitrogens with one attached hydrogen (secondary N) is 1. The Morgan fingerprint density at radius 3 is 2.57 bits per heavy atom. The van der Waals surface area contributed by atoms with Crippen LogP contribution < -0.4 is 5.32 Å². The van der Waals surface area contributed by atoms with Gasteiger partial charge in [-0.25, -0.2) is 0 Å². The van der Waals surface area contributed by atoms with Gasteiger partial charge in [-0.1, -0.05) is 42.5 Å². The second kappa shape index (κ2) is 5.72. The number of amides is 2. The van der Waals surface area contributed by atoms with Crippen molar-refractivity contribution in [3.63, 3.8) is 0 Å². The van der Waals surface area contributed by atoms with E-state index in [0.29, 0.717) is 0 Å². The highest BCUT2D eigenvalue weighted by Crippen LogP contribution is 2.31. The Hall–Kier alpha value is -2.10. The zero-order chi connectivity index (χ0) is 14.8. The van der Waals surface area contributed by atoms with E-state index in [1.807, 2.05) is 35.2 Å². The molecule has 4 heteroatoms. The number of hydrogen-bond donors (Lipinski definition) is 1. The van der Waals surface area contributed by atoms with Crippen LogP contribution in [-0.2, 0) is 9.59 Å². The van der Waals surface area contributed by atoms with E-state index in [4.69, 9.17) is 0 Å². The lowest BCUT2D eigenvalue weighted by molar-refractivity contribution is -0.152. The molecule has 110 valence electrons. The number of hydrogen-bond acceptors (Lipinski definition) is 2. The molecular formula is C17H20N2O2. The van der Waals surface area contributed by atoms with Gasteiger partial charge in [-0.15, -0.1) is 0 Å². The lowest BCUT2D eigenvalue weighted by atomic mass is 9.93. The van der Waals surface area contributed by atoms with E-state index in [-0.39, 0.29) is 17.9 Å². The average Bonchev–Trinajstić information content (AvgIpc) is 2.52. The van der Waals surface area contributed by atoms with E-state index in [1.165, 1.54) is 0 Å². The molecule has 1 heterocycles. The predicted octanol–water partition coefficient (Wildman–Crippen LogP) is 2.18. The van der Waals surface area contributed by atoms with Gasteiger partial charge in [0, 0.05) is 6.04 Å². The van der Waals surface area contributed by atoms with Crippen LogP contribution in [0.2, 0.25) is 0 Å². The summed E-state index contributed by atoms with van der Waals surface area (Å²) in [5, 5.41) is 2.80. The summed E-state index contributed by atoms with van der Waals surface area (Å²) in [5.74, 6) is -0.0633. The van der Waals surface area contributed by atoms with Crippen LogP contribution in [0.25, 0.3) is 0 Å². The van der Waals surface area contributed by atoms with Crippen molar-refractivity contribution in [1.82, 2.24) is 10.2 Å². The molecule has 1 aromatic rings. The zero-order valence-corrected chi connectivity index (χ0v) is 12.2. The van der Waals surface area contributed by atoms with Gasteiger partial charge in [0.1, 0.15) is 12.1 Å². The van der Waals surface area contributed by atoms with Crippen molar-refractivity contribution >= 4 is 11.8 Å². The van der Waals surface area contributed by atoms with Gasteiger partial charge in [0.15, 0.2) is 0 Å². The molecule has 4 nitrogen and oxygen atoms in total. The molecule has 2 amide bonds. The first kappa shape index (κ1) is 13.9. The Morgan fingerprint density at radius 1 is 1.14 bits per heavy atom. The second-order valence-electron chi connectivity index (χ2n) is 5.73. The molecule has 0 aromatic heterocycles. The number of nitrogens with zero attached hydrogens (tertiary/aromatic N) is 1. The number of carbonyl (C=O) groups is 2. The molecule has 1 N–H and O–H groups in total. The molecule has 1 aliphatic carbocycles. The summed E-state index contributed by atoms with van der Waals surface area (Å²) in [6.07, 6.45) is 6.97. The van der Waals surface area contributed by atoms with Crippen LogP contribution in [0.5, 0.6) is 0 Å². The first-order valence-corrected chi connectivity index (χ1v) is 7.51. The molecule has 21 heavy (non-hydrogen) atoms. The lowest BCUT2D eigenvalue weighted by Crippen LogP contribution is -2.61. The van der Waals surface area contributed by atoms with E-state index in [1.54, 1.807) is 6.92 Å². The Kier molecular flexibility index (Phi) is 3.78. The molecule has 3 atom stereocenters. The standard InChI is InChI=1S/C17H20N2O2/c1-12-17(21)19(14-10-6-3-7-11-14)15(16(20)18-12)13-8-4-2-5-9-13/h2-6,8-9,12,14-15H,7,10-11H2,1H3,(H,18,20). The van der Waals surface area contributed by atoms with Gasteiger partial charge in [0.05, 0.1) is 0 Å². The third-order valence-electron chi connectivity index (χ3n) is 4.26. The largest absolute Gasteiger partial charge is 0.342 e. The summed E-state index contributed by atoms with van der Waals surface area (Å²) in [6.45, 7) is 1.76. The molecule has 0 spiro atoms. The minimum Gasteiger partial charge on any atom is -0.342 e. The fourth-order valence-electron chi connectivity index (χ4n) is 3.20. The number of piperazine rings is 1. The zero-order valence-electron chi connectivity index (χ0n) is 12.2. The van der Waals surface area contributed by atoms with Crippen molar-refractivity contribution in [2.75, 3.05) is 0 Å². The Labute approximate surface area is 124 Å². The van der Waals surface area contributed by atoms with Gasteiger partial charge in [0.2, 0.25) is 11.8 Å². The molecule has 0 radical (unpaired) electrons. The molecule has 1 fully saturated rings. The summed E-state index contributed by atoms with van der Waals surface area (Å²) < 4.78 is 0. The van der Waals surface area contributed by atoms with Crippen LogP contribution in [0.4, 0.5) is 0 Å². The van der Waals surface area contributed by atoms with Gasteiger partial charge < -0.3 is 10.2 Å². The van der Waals surface area contributed by atoms with E-state index < -0.39 is 12.1 Å². The van der Waals surface area contributed by atoms with Gasteiger partial charge in [0.25, 0.3) is 0 Å². The first-order chi connectivity index (χ1) is 10.2. The summed E-state index contributed by atoms with van der Waals surface area (Å²) >= 11 is 0. The maximum atomic E-state index is 12.6. The van der Waals surface area contributed by atoms with Crippen molar-refractivity contribution < 1.29 is 9.59 Å². The molecule has 1 aliphatic heterocycles. The third kappa shape index (κ3) is 2.58. The van der Waals surface area contributed by atoms with Crippen LogP contribution in [0.1, 0.15) is 37.8 Å². The third-order valence-corrected chi connectivity index (χ3v) is 4.26. The Balaban J connectivity index is 1.98. The number of allylic oxidation sites excluding steroid dienone is 1. The van der Waals surface area contributed by atoms with E-state index in [9.17, 15) is 9.59 Å². The summed E-state index contributed by atoms with van der Waals surface area (Å²) in [4.78, 5) is 26.9. The number of carbonyl (C=O) groups excluding carboxylic acids is 2. The molecular weight excluding hydrogens is 264 g/mol. The van der Waals surface area contributed by atoms with Crippen molar-refractivity contribution in [2.24, 2.45) is 0 Å². The van der Waals surface area contributed by atoms with Crippen LogP contribution in [0.15, 0.2) is 42.5 Å². The maximum Gasteiger partial charge on any atom is 0.248 e. The van der Waals surface area contributed by atoms with Crippen LogP contribution in [-0.4, -0.2) is 28.8 Å². The Bertz CT molecular complexity index is 567. The minimum atomic E-state index is -0.508. The van der Waals surface area contributed by atoms with Crippen LogP contribution in [0, 0.1) is 0 Å². The minimum absolute atomic E-state index is 0.0174. The molecule has 0 bridgehead atoms. The topological polar surface area (TPSA) is 49.4 Å². The van der Waals surface area contributed by atoms with Crippen LogP contribution in [0.3, 0.4) is 0 Å². The highest BCUT2D eigenvalue weighted by Gasteiger charge is 2.42. The van der Waals surface area contributed by atoms with Crippen molar-refractivity contribution in [2.45, 2.75) is 44.3 Å². The van der Waals surface area contributed by atoms with Gasteiger partial charge in [-0.2, -0.15) is 0 Å². The number of rotatable bonds is 2. The van der Waals surface area contributed by atoms with Crippen molar-refractivity contribution in [1.29, 1.82) is 0 Å². The van der Waals surface area contributed by atoms with E-state index in [2.05, 4.69) is 17.5 Å². The molecule has 1 aromatic carbocycles. The predicted molar refractivity (Wildman–Crippen MR) is 80.4 cm³/mol. The normalized spacial score (nSPS) is 29.4. The monoisotopic (exact) mass is 284 g/mol. The average molecular weight is 284 g/mol. The quantitative estimate of drug-likeness (QED) is 0.846. The molecule has 2 aliphatic rings. The summed E-state index contributed by atoms with van der Waals surface area (Å²) in [7, 11) is 0. The van der Waals surface area contributed by atoms with Crippen LogP contribution >= 0.6 is 0 Å². The highest BCUT2D eigenvalue weighted by atomic mass is 16.2. The maximum absolute atomic E-state index is 12.6. The summed E-state index contributed by atoms with van der Waals surface area (Å²) in [5.41, 5.74) is 0.879. The summed E-state index contributed by atoms with van der Waals surface area (Å²) in [6, 6.07) is 8.73. The first-order valence-electron chi connectivity index (χ1n) is 7.51. The Morgan fingerprint density at radius 2 is 1.90 bits per heavy atom. The fourth-order valence-corrected chi connectivity index (χ4v) is 3.20. The smallest absolute Gasteiger partial charge is 0.248 e. The van der Waals surface area contributed by atoms with Gasteiger partial charge in [-0.3, -0.25) is 9.59 Å². The molecule has 3 unspecified atom stereocenters. The second-order valence-corrected chi connectivity index (χ2v) is 5.73. The lowest BCUT2D eigenvalue weighted by Gasteiger charge is -2.43. The van der Waals surface area contributed by atoms with Gasteiger partial charge >= 0.3 is 0 Å². The van der Waals surface area contributed by atoms with Gasteiger partial charge in [-0.05, 0) is 31.7 Å². The molecule has 3 rings (SSSR count). The molecule has 1 saturated heterocycles. The highest BCUT2D eigenvalue weighted by molar-refractivity contribution is 5.97. The van der Waals surface area contributed by atoms with E-state index >= 15 is 0 Å². The SMILES string of the molecule is CC1NC(=O)C(c2ccccc2)N(C2CC=CCC2)C1=O. The van der Waals surface area contributed by atoms with Crippen molar-refractivity contribution in [3.8, 4) is 0 Å². The fraction of sp³-hybridized carbons (Fsp3) is 0.412. The number of benzene rings is 1. The van der Waals surface area contributed by atoms with Crippen molar-refractivity contribution in [3.05, 3.63) is 48.0 Å².